The summed E-state index contributed by atoms with van der Waals surface area (Å²) in [6, 6.07) is 6.64. The Morgan fingerprint density at radius 1 is 1.22 bits per heavy atom. The molecule has 0 bridgehead atoms. The van der Waals surface area contributed by atoms with Crippen LogP contribution in [0.4, 0.5) is 0 Å². The highest BCUT2D eigenvalue weighted by molar-refractivity contribution is 5.94. The van der Waals surface area contributed by atoms with E-state index in [1.165, 1.54) is 6.92 Å². The highest BCUT2D eigenvalue weighted by Crippen LogP contribution is 2.14. The lowest BCUT2D eigenvalue weighted by Gasteiger charge is -2.05. The lowest BCUT2D eigenvalue weighted by Crippen LogP contribution is -2.08. The van der Waals surface area contributed by atoms with E-state index in [-0.39, 0.29) is 11.8 Å². The van der Waals surface area contributed by atoms with Crippen LogP contribution in [0, 0.1) is 0 Å². The van der Waals surface area contributed by atoms with Gasteiger partial charge in [-0.2, -0.15) is 0 Å². The number of esters is 1. The van der Waals surface area contributed by atoms with Gasteiger partial charge in [0.1, 0.15) is 5.75 Å². The van der Waals surface area contributed by atoms with Crippen molar-refractivity contribution in [2.75, 3.05) is 13.7 Å². The van der Waals surface area contributed by atoms with Gasteiger partial charge in [-0.15, -0.1) is 0 Å². The van der Waals surface area contributed by atoms with Gasteiger partial charge in [0.15, 0.2) is 5.78 Å². The first-order valence-corrected chi connectivity index (χ1v) is 5.94. The molecule has 0 amide bonds. The summed E-state index contributed by atoms with van der Waals surface area (Å²) in [5, 5.41) is 0. The first-order valence-electron chi connectivity index (χ1n) is 5.94. The molecule has 0 fully saturated rings. The Balaban J connectivity index is 2.44. The normalized spacial score (nSPS) is 10.1. The standard InChI is InChI=1S/C14H18O4/c1-11(15)12-6-5-7-13(10-12)18-14(16)8-3-4-9-17-2/h5-7,10H,3-4,8-9H2,1-2H3. The third kappa shape index (κ3) is 5.10. The molecule has 0 unspecified atom stereocenters. The van der Waals surface area contributed by atoms with Gasteiger partial charge in [0.05, 0.1) is 0 Å². The number of unbranched alkanes of at least 4 members (excludes halogenated alkanes) is 1. The predicted octanol–water partition coefficient (Wildman–Crippen LogP) is 2.61. The molecule has 0 aliphatic rings. The topological polar surface area (TPSA) is 52.6 Å². The lowest BCUT2D eigenvalue weighted by molar-refractivity contribution is -0.134. The highest BCUT2D eigenvalue weighted by Gasteiger charge is 2.06. The minimum absolute atomic E-state index is 0.0482. The number of carbonyl (C=O) groups excluding carboxylic acids is 2. The van der Waals surface area contributed by atoms with Crippen molar-refractivity contribution < 1.29 is 19.1 Å². The van der Waals surface area contributed by atoms with Gasteiger partial charge >= 0.3 is 5.97 Å². The maximum Gasteiger partial charge on any atom is 0.311 e. The van der Waals surface area contributed by atoms with Crippen LogP contribution in [0.15, 0.2) is 24.3 Å². The van der Waals surface area contributed by atoms with Crippen LogP contribution in [0.3, 0.4) is 0 Å². The summed E-state index contributed by atoms with van der Waals surface area (Å²) in [4.78, 5) is 22.7. The van der Waals surface area contributed by atoms with Crippen LogP contribution in [-0.4, -0.2) is 25.5 Å². The van der Waals surface area contributed by atoms with Crippen LogP contribution in [-0.2, 0) is 9.53 Å². The molecule has 4 nitrogen and oxygen atoms in total. The van der Waals surface area contributed by atoms with Gasteiger partial charge in [0, 0.05) is 25.7 Å². The van der Waals surface area contributed by atoms with Crippen LogP contribution in [0.5, 0.6) is 5.75 Å². The molecule has 1 rings (SSSR count). The van der Waals surface area contributed by atoms with Crippen LogP contribution in [0.1, 0.15) is 36.5 Å². The predicted molar refractivity (Wildman–Crippen MR) is 67.8 cm³/mol. The van der Waals surface area contributed by atoms with Crippen molar-refractivity contribution in [3.63, 3.8) is 0 Å². The third-order valence-corrected chi connectivity index (χ3v) is 2.45. The largest absolute Gasteiger partial charge is 0.427 e. The van der Waals surface area contributed by atoms with Crippen LogP contribution in [0.2, 0.25) is 0 Å². The molecule has 1 aromatic rings. The zero-order valence-electron chi connectivity index (χ0n) is 10.8. The van der Waals surface area contributed by atoms with Gasteiger partial charge in [0.2, 0.25) is 0 Å². The number of methoxy groups -OCH3 is 1. The first kappa shape index (κ1) is 14.4. The summed E-state index contributed by atoms with van der Waals surface area (Å²) in [7, 11) is 1.63. The number of Topliss-reactive ketones (excluding diaryl/α,β-unsaturated/α-hetero) is 1. The Hall–Kier alpha value is -1.68. The van der Waals surface area contributed by atoms with Crippen molar-refractivity contribution >= 4 is 11.8 Å². The number of carbonyl (C=O) groups is 2. The Bertz CT molecular complexity index is 412. The van der Waals surface area contributed by atoms with Crippen molar-refractivity contribution in [2.45, 2.75) is 26.2 Å². The van der Waals surface area contributed by atoms with E-state index in [2.05, 4.69) is 0 Å². The summed E-state index contributed by atoms with van der Waals surface area (Å²) in [6.45, 7) is 2.12. The van der Waals surface area contributed by atoms with Crippen molar-refractivity contribution in [2.24, 2.45) is 0 Å². The second-order valence-corrected chi connectivity index (χ2v) is 4.01. The molecule has 0 aliphatic carbocycles. The second kappa shape index (κ2) is 7.61. The van der Waals surface area contributed by atoms with E-state index < -0.39 is 0 Å². The van der Waals surface area contributed by atoms with Crippen molar-refractivity contribution in [1.29, 1.82) is 0 Å². The fraction of sp³-hybridized carbons (Fsp3) is 0.429. The molecule has 0 N–H and O–H groups in total. The maximum absolute atomic E-state index is 11.5. The van der Waals surface area contributed by atoms with Gasteiger partial charge in [-0.1, -0.05) is 12.1 Å². The second-order valence-electron chi connectivity index (χ2n) is 4.01. The number of rotatable bonds is 7. The summed E-state index contributed by atoms with van der Waals surface area (Å²) in [6.07, 6.45) is 1.92. The van der Waals surface area contributed by atoms with E-state index in [0.29, 0.717) is 24.3 Å². The molecule has 0 saturated carbocycles. The SMILES string of the molecule is COCCCCC(=O)Oc1cccc(C(C)=O)c1. The lowest BCUT2D eigenvalue weighted by atomic mass is 10.1. The van der Waals surface area contributed by atoms with E-state index in [1.54, 1.807) is 31.4 Å². The van der Waals surface area contributed by atoms with Gasteiger partial charge in [-0.3, -0.25) is 9.59 Å². The molecular formula is C14H18O4. The average Bonchev–Trinajstić information content (AvgIpc) is 2.35. The minimum atomic E-state index is -0.285. The number of ketones is 1. The molecule has 0 atom stereocenters. The molecule has 4 heteroatoms. The van der Waals surface area contributed by atoms with Crippen molar-refractivity contribution in [3.8, 4) is 5.75 Å². The number of benzene rings is 1. The fourth-order valence-corrected chi connectivity index (χ4v) is 1.48. The van der Waals surface area contributed by atoms with E-state index in [4.69, 9.17) is 9.47 Å². The quantitative estimate of drug-likeness (QED) is 0.323. The van der Waals surface area contributed by atoms with E-state index in [1.807, 2.05) is 0 Å². The van der Waals surface area contributed by atoms with Crippen LogP contribution in [0.25, 0.3) is 0 Å². The van der Waals surface area contributed by atoms with E-state index in [9.17, 15) is 9.59 Å². The van der Waals surface area contributed by atoms with Crippen LogP contribution >= 0.6 is 0 Å². The number of hydrogen-bond donors (Lipinski definition) is 0. The minimum Gasteiger partial charge on any atom is -0.427 e. The highest BCUT2D eigenvalue weighted by atomic mass is 16.5. The molecule has 0 aromatic heterocycles. The molecular weight excluding hydrogens is 232 g/mol. The molecule has 0 spiro atoms. The molecule has 0 saturated heterocycles. The van der Waals surface area contributed by atoms with Gasteiger partial charge in [-0.05, 0) is 31.9 Å². The smallest absolute Gasteiger partial charge is 0.311 e. The van der Waals surface area contributed by atoms with E-state index >= 15 is 0 Å². The van der Waals surface area contributed by atoms with Gasteiger partial charge in [0.25, 0.3) is 0 Å². The number of hydrogen-bond acceptors (Lipinski definition) is 4. The first-order chi connectivity index (χ1) is 8.63. The average molecular weight is 250 g/mol. The molecule has 18 heavy (non-hydrogen) atoms. The summed E-state index contributed by atoms with van der Waals surface area (Å²) in [5.74, 6) is 0.0826. The van der Waals surface area contributed by atoms with E-state index in [0.717, 1.165) is 12.8 Å². The Morgan fingerprint density at radius 3 is 2.67 bits per heavy atom. The van der Waals surface area contributed by atoms with Gasteiger partial charge in [-0.25, -0.2) is 0 Å². The zero-order valence-corrected chi connectivity index (χ0v) is 10.8. The Morgan fingerprint density at radius 2 is 2.00 bits per heavy atom. The third-order valence-electron chi connectivity index (χ3n) is 2.45. The maximum atomic E-state index is 11.5. The fourth-order valence-electron chi connectivity index (χ4n) is 1.48. The van der Waals surface area contributed by atoms with Gasteiger partial charge < -0.3 is 9.47 Å². The molecule has 0 heterocycles. The zero-order chi connectivity index (χ0) is 13.4. The van der Waals surface area contributed by atoms with Crippen LogP contribution < -0.4 is 4.74 Å². The molecule has 1 aromatic carbocycles. The Kier molecular flexibility index (Phi) is 6.08. The molecule has 0 aliphatic heterocycles. The van der Waals surface area contributed by atoms with Crippen molar-refractivity contribution in [3.05, 3.63) is 29.8 Å². The summed E-state index contributed by atoms with van der Waals surface area (Å²) in [5.41, 5.74) is 0.541. The van der Waals surface area contributed by atoms with Crippen molar-refractivity contribution in [1.82, 2.24) is 0 Å². The summed E-state index contributed by atoms with van der Waals surface area (Å²) >= 11 is 0. The monoisotopic (exact) mass is 250 g/mol. The molecule has 0 radical (unpaired) electrons. The molecule has 98 valence electrons. The number of ether oxygens (including phenoxy) is 2. The Labute approximate surface area is 107 Å². The summed E-state index contributed by atoms with van der Waals surface area (Å²) < 4.78 is 10.0.